The summed E-state index contributed by atoms with van der Waals surface area (Å²) >= 11 is 5.98. The molecule has 2 fully saturated rings. The van der Waals surface area contributed by atoms with Crippen molar-refractivity contribution >= 4 is 23.4 Å². The van der Waals surface area contributed by atoms with Gasteiger partial charge in [0, 0.05) is 31.6 Å². The number of nitrogens with zero attached hydrogens (tertiary/aromatic N) is 2. The summed E-state index contributed by atoms with van der Waals surface area (Å²) in [5, 5.41) is 9.67. The van der Waals surface area contributed by atoms with Crippen molar-refractivity contribution in [3.8, 4) is 0 Å². The van der Waals surface area contributed by atoms with Gasteiger partial charge in [-0.25, -0.2) is 4.39 Å². The minimum absolute atomic E-state index is 0.0216. The summed E-state index contributed by atoms with van der Waals surface area (Å²) in [5.41, 5.74) is -3.85. The zero-order valence-corrected chi connectivity index (χ0v) is 16.6. The zero-order valence-electron chi connectivity index (χ0n) is 15.9. The first-order valence-electron chi connectivity index (χ1n) is 9.11. The van der Waals surface area contributed by atoms with Crippen molar-refractivity contribution in [3.05, 3.63) is 34.6 Å². The predicted molar refractivity (Wildman–Crippen MR) is 96.8 cm³/mol. The van der Waals surface area contributed by atoms with E-state index in [1.54, 1.807) is 7.05 Å². The first kappa shape index (κ1) is 21.8. The standard InChI is InChI=1S/C19H21ClF4N2O3/c1-17(29,19(22,23)24)16(28)26-8-5-14(18(10-26)6-7-18)25(2)15(27)12-4-3-11(21)9-13(12)20/h3-4,9,14,29H,5-8,10H2,1-2H3/t14?,17-/m1/s1. The van der Waals surface area contributed by atoms with Gasteiger partial charge >= 0.3 is 6.18 Å². The maximum atomic E-state index is 13.3. The van der Waals surface area contributed by atoms with Crippen molar-refractivity contribution in [2.75, 3.05) is 20.1 Å². The molecule has 0 radical (unpaired) electrons. The van der Waals surface area contributed by atoms with Gasteiger partial charge in [-0.3, -0.25) is 9.59 Å². The van der Waals surface area contributed by atoms with Crippen LogP contribution in [0, 0.1) is 11.2 Å². The monoisotopic (exact) mass is 436 g/mol. The molecule has 1 aliphatic carbocycles. The number of amides is 2. The number of halogens is 5. The summed E-state index contributed by atoms with van der Waals surface area (Å²) in [6.07, 6.45) is -3.53. The van der Waals surface area contributed by atoms with E-state index in [9.17, 15) is 32.3 Å². The highest BCUT2D eigenvalue weighted by Crippen LogP contribution is 2.54. The van der Waals surface area contributed by atoms with Gasteiger partial charge < -0.3 is 14.9 Å². The smallest absolute Gasteiger partial charge is 0.373 e. The van der Waals surface area contributed by atoms with Gasteiger partial charge in [-0.1, -0.05) is 11.6 Å². The van der Waals surface area contributed by atoms with Crippen molar-refractivity contribution in [1.82, 2.24) is 9.80 Å². The Bertz CT molecular complexity index is 839. The first-order chi connectivity index (χ1) is 13.3. The molecule has 2 aliphatic rings. The minimum atomic E-state index is -5.08. The number of aliphatic hydroxyl groups is 1. The number of carbonyl (C=O) groups excluding carboxylic acids is 2. The van der Waals surface area contributed by atoms with E-state index < -0.39 is 34.8 Å². The third kappa shape index (κ3) is 3.82. The van der Waals surface area contributed by atoms with Gasteiger partial charge in [0.25, 0.3) is 11.8 Å². The highest BCUT2D eigenvalue weighted by molar-refractivity contribution is 6.33. The van der Waals surface area contributed by atoms with E-state index in [0.29, 0.717) is 19.8 Å². The Morgan fingerprint density at radius 3 is 2.45 bits per heavy atom. The molecule has 2 amide bonds. The summed E-state index contributed by atoms with van der Waals surface area (Å²) in [5.74, 6) is -2.38. The Hall–Kier alpha value is -1.87. The maximum absolute atomic E-state index is 13.3. The highest BCUT2D eigenvalue weighted by atomic mass is 35.5. The molecule has 1 heterocycles. The molecule has 1 spiro atoms. The summed E-state index contributed by atoms with van der Waals surface area (Å²) in [7, 11) is 1.57. The fourth-order valence-corrected chi connectivity index (χ4v) is 4.25. The molecule has 1 aromatic carbocycles. The number of benzene rings is 1. The van der Waals surface area contributed by atoms with Crippen LogP contribution in [0.2, 0.25) is 5.02 Å². The second-order valence-electron chi connectivity index (χ2n) is 8.00. The largest absolute Gasteiger partial charge is 0.426 e. The normalized spacial score (nSPS) is 22.9. The summed E-state index contributed by atoms with van der Waals surface area (Å²) in [6.45, 7) is 0.455. The molecule has 10 heteroatoms. The second-order valence-corrected chi connectivity index (χ2v) is 8.41. The molecule has 2 atom stereocenters. The fraction of sp³-hybridized carbons (Fsp3) is 0.579. The Morgan fingerprint density at radius 2 is 1.93 bits per heavy atom. The van der Waals surface area contributed by atoms with Crippen LogP contribution < -0.4 is 0 Å². The Labute approximate surface area is 170 Å². The molecule has 1 aromatic rings. The predicted octanol–water partition coefficient (Wildman–Crippen LogP) is 3.25. The molecule has 0 aromatic heterocycles. The van der Waals surface area contributed by atoms with Crippen molar-refractivity contribution in [1.29, 1.82) is 0 Å². The molecule has 29 heavy (non-hydrogen) atoms. The number of alkyl halides is 3. The Kier molecular flexibility index (Phi) is 5.36. The van der Waals surface area contributed by atoms with Crippen molar-refractivity contribution in [2.24, 2.45) is 5.41 Å². The van der Waals surface area contributed by atoms with E-state index in [-0.39, 0.29) is 36.1 Å². The molecule has 0 bridgehead atoms. The van der Waals surface area contributed by atoms with Crippen LogP contribution in [0.5, 0.6) is 0 Å². The first-order valence-corrected chi connectivity index (χ1v) is 9.49. The van der Waals surface area contributed by atoms with Crippen LogP contribution in [0.4, 0.5) is 17.6 Å². The number of likely N-dealkylation sites (tertiary alicyclic amines) is 1. The molecule has 1 N–H and O–H groups in total. The second kappa shape index (κ2) is 7.12. The van der Waals surface area contributed by atoms with Crippen LogP contribution in [0.25, 0.3) is 0 Å². The molecule has 1 aliphatic heterocycles. The molecular weight excluding hydrogens is 416 g/mol. The van der Waals surface area contributed by atoms with Crippen LogP contribution >= 0.6 is 11.6 Å². The fourth-order valence-electron chi connectivity index (χ4n) is 4.00. The summed E-state index contributed by atoms with van der Waals surface area (Å²) in [6, 6.07) is 3.14. The van der Waals surface area contributed by atoms with Crippen LogP contribution in [-0.4, -0.2) is 64.7 Å². The number of hydrogen-bond donors (Lipinski definition) is 1. The number of carbonyl (C=O) groups is 2. The summed E-state index contributed by atoms with van der Waals surface area (Å²) in [4.78, 5) is 27.7. The van der Waals surface area contributed by atoms with Crippen LogP contribution in [-0.2, 0) is 4.79 Å². The molecule has 1 unspecified atom stereocenters. The van der Waals surface area contributed by atoms with Gasteiger partial charge in [0.05, 0.1) is 10.6 Å². The van der Waals surface area contributed by atoms with E-state index >= 15 is 0 Å². The molecular formula is C19H21ClF4N2O3. The Balaban J connectivity index is 1.76. The lowest BCUT2D eigenvalue weighted by atomic mass is 9.86. The SMILES string of the molecule is CN(C(=O)c1ccc(F)cc1Cl)C1CCN(C(=O)[C@@](C)(O)C(F)(F)F)CC12CC2. The molecule has 1 saturated carbocycles. The number of rotatable bonds is 3. The minimum Gasteiger partial charge on any atom is -0.373 e. The van der Waals surface area contributed by atoms with Crippen LogP contribution in [0.1, 0.15) is 36.5 Å². The van der Waals surface area contributed by atoms with Gasteiger partial charge in [-0.15, -0.1) is 0 Å². The van der Waals surface area contributed by atoms with E-state index in [1.165, 1.54) is 11.0 Å². The van der Waals surface area contributed by atoms with E-state index in [0.717, 1.165) is 17.0 Å². The molecule has 5 nitrogen and oxygen atoms in total. The van der Waals surface area contributed by atoms with Gasteiger partial charge in [0.15, 0.2) is 0 Å². The average molecular weight is 437 g/mol. The molecule has 3 rings (SSSR count). The maximum Gasteiger partial charge on any atom is 0.426 e. The van der Waals surface area contributed by atoms with E-state index in [2.05, 4.69) is 0 Å². The van der Waals surface area contributed by atoms with Crippen molar-refractivity contribution in [3.63, 3.8) is 0 Å². The van der Waals surface area contributed by atoms with Gasteiger partial charge in [-0.05, 0) is 44.4 Å². The third-order valence-corrected chi connectivity index (χ3v) is 6.30. The quantitative estimate of drug-likeness (QED) is 0.740. The molecule has 160 valence electrons. The lowest BCUT2D eigenvalue weighted by Gasteiger charge is -2.45. The highest BCUT2D eigenvalue weighted by Gasteiger charge is 2.61. The van der Waals surface area contributed by atoms with E-state index in [1.807, 2.05) is 0 Å². The lowest BCUT2D eigenvalue weighted by molar-refractivity contribution is -0.251. The average Bonchev–Trinajstić information content (AvgIpc) is 3.38. The van der Waals surface area contributed by atoms with Crippen LogP contribution in [0.3, 0.4) is 0 Å². The zero-order chi connectivity index (χ0) is 21.8. The topological polar surface area (TPSA) is 60.9 Å². The van der Waals surface area contributed by atoms with Crippen LogP contribution in [0.15, 0.2) is 18.2 Å². The van der Waals surface area contributed by atoms with Crippen molar-refractivity contribution in [2.45, 2.75) is 44.0 Å². The number of hydrogen-bond acceptors (Lipinski definition) is 3. The van der Waals surface area contributed by atoms with E-state index in [4.69, 9.17) is 11.6 Å². The van der Waals surface area contributed by atoms with Crippen molar-refractivity contribution < 1.29 is 32.3 Å². The number of piperidine rings is 1. The third-order valence-electron chi connectivity index (χ3n) is 5.98. The summed E-state index contributed by atoms with van der Waals surface area (Å²) < 4.78 is 52.3. The Morgan fingerprint density at radius 1 is 1.31 bits per heavy atom. The molecule has 1 saturated heterocycles. The van der Waals surface area contributed by atoms with Gasteiger partial charge in [0.1, 0.15) is 5.82 Å². The van der Waals surface area contributed by atoms with Gasteiger partial charge in [-0.2, -0.15) is 13.2 Å². The van der Waals surface area contributed by atoms with Gasteiger partial charge in [0.2, 0.25) is 5.60 Å². The lowest BCUT2D eigenvalue weighted by Crippen LogP contribution is -2.61.